The second-order valence-corrected chi connectivity index (χ2v) is 3.59. The van der Waals surface area contributed by atoms with E-state index < -0.39 is 0 Å². The van der Waals surface area contributed by atoms with Gasteiger partial charge < -0.3 is 9.80 Å². The van der Waals surface area contributed by atoms with Gasteiger partial charge in [-0.05, 0) is 41.0 Å². The van der Waals surface area contributed by atoms with Crippen LogP contribution in [0.15, 0.2) is 0 Å². The van der Waals surface area contributed by atoms with Gasteiger partial charge in [0, 0.05) is 12.6 Å². The Bertz CT molecular complexity index is 91.6. The molecule has 1 unspecified atom stereocenters. The third kappa shape index (κ3) is 5.22. The van der Waals surface area contributed by atoms with Gasteiger partial charge in [-0.15, -0.1) is 0 Å². The van der Waals surface area contributed by atoms with Crippen molar-refractivity contribution in [1.29, 1.82) is 0 Å². The summed E-state index contributed by atoms with van der Waals surface area (Å²) in [7, 11) is 6.43. The van der Waals surface area contributed by atoms with Crippen LogP contribution in [0.1, 0.15) is 20.3 Å². The molecule has 1 atom stereocenters. The van der Waals surface area contributed by atoms with Crippen molar-refractivity contribution < 1.29 is 0 Å². The molecular formula is C9H22N2. The fraction of sp³-hybridized carbons (Fsp3) is 1.00. The van der Waals surface area contributed by atoms with Gasteiger partial charge in [-0.3, -0.25) is 0 Å². The van der Waals surface area contributed by atoms with Crippen molar-refractivity contribution in [1.82, 2.24) is 9.80 Å². The van der Waals surface area contributed by atoms with Gasteiger partial charge in [0.2, 0.25) is 0 Å². The molecule has 0 heterocycles. The lowest BCUT2D eigenvalue weighted by molar-refractivity contribution is 0.209. The van der Waals surface area contributed by atoms with Crippen molar-refractivity contribution in [3.8, 4) is 0 Å². The number of likely N-dealkylation sites (N-methyl/N-ethyl adjacent to an activating group) is 2. The van der Waals surface area contributed by atoms with Gasteiger partial charge in [0.25, 0.3) is 0 Å². The van der Waals surface area contributed by atoms with Crippen LogP contribution in [0.2, 0.25) is 0 Å². The molecule has 0 aliphatic carbocycles. The number of rotatable bonds is 5. The average molecular weight is 158 g/mol. The van der Waals surface area contributed by atoms with Gasteiger partial charge in [-0.25, -0.2) is 0 Å². The molecule has 68 valence electrons. The highest BCUT2D eigenvalue weighted by Crippen LogP contribution is 1.97. The van der Waals surface area contributed by atoms with Gasteiger partial charge in [0.15, 0.2) is 0 Å². The van der Waals surface area contributed by atoms with E-state index in [9.17, 15) is 0 Å². The van der Waals surface area contributed by atoms with Gasteiger partial charge in [0.1, 0.15) is 0 Å². The van der Waals surface area contributed by atoms with E-state index in [4.69, 9.17) is 0 Å². The third-order valence-electron chi connectivity index (χ3n) is 1.96. The zero-order chi connectivity index (χ0) is 8.85. The molecule has 11 heavy (non-hydrogen) atoms. The summed E-state index contributed by atoms with van der Waals surface area (Å²) in [6.07, 6.45) is 1.24. The highest BCUT2D eigenvalue weighted by atomic mass is 15.2. The molecule has 0 aromatic rings. The van der Waals surface area contributed by atoms with Crippen LogP contribution < -0.4 is 0 Å². The predicted octanol–water partition coefficient (Wildman–Crippen LogP) is 1.28. The Hall–Kier alpha value is -0.0800. The molecular weight excluding hydrogens is 136 g/mol. The molecule has 0 amide bonds. The normalized spacial score (nSPS) is 14.5. The Kier molecular flexibility index (Phi) is 5.51. The molecule has 0 radical (unpaired) electrons. The van der Waals surface area contributed by atoms with Crippen molar-refractivity contribution in [2.45, 2.75) is 26.3 Å². The minimum absolute atomic E-state index is 0.671. The van der Waals surface area contributed by atoms with E-state index in [1.807, 2.05) is 0 Å². The van der Waals surface area contributed by atoms with Crippen LogP contribution in [-0.2, 0) is 0 Å². The smallest absolute Gasteiger partial charge is 0.0191 e. The minimum Gasteiger partial charge on any atom is -0.308 e. The Morgan fingerprint density at radius 3 is 2.09 bits per heavy atom. The Morgan fingerprint density at radius 1 is 1.18 bits per heavy atom. The lowest BCUT2D eigenvalue weighted by Crippen LogP contribution is -2.37. The van der Waals surface area contributed by atoms with Crippen LogP contribution in [0.3, 0.4) is 0 Å². The first-order chi connectivity index (χ1) is 5.07. The SMILES string of the molecule is CCCN(C)C(C)CN(C)C. The van der Waals surface area contributed by atoms with Gasteiger partial charge in [-0.2, -0.15) is 0 Å². The zero-order valence-corrected chi connectivity index (χ0v) is 8.59. The molecule has 0 aromatic carbocycles. The summed E-state index contributed by atoms with van der Waals surface area (Å²) in [6.45, 7) is 6.85. The third-order valence-corrected chi connectivity index (χ3v) is 1.96. The Labute approximate surface area is 71.2 Å². The molecule has 0 saturated heterocycles. The summed E-state index contributed by atoms with van der Waals surface area (Å²) in [5, 5.41) is 0. The second-order valence-electron chi connectivity index (χ2n) is 3.59. The second kappa shape index (κ2) is 5.56. The molecule has 0 spiro atoms. The molecule has 0 aromatic heterocycles. The molecule has 0 aliphatic rings. The molecule has 2 heteroatoms. The molecule has 0 rings (SSSR count). The largest absolute Gasteiger partial charge is 0.308 e. The van der Waals surface area contributed by atoms with Gasteiger partial charge in [0.05, 0.1) is 0 Å². The quantitative estimate of drug-likeness (QED) is 0.594. The van der Waals surface area contributed by atoms with Crippen molar-refractivity contribution >= 4 is 0 Å². The summed E-state index contributed by atoms with van der Waals surface area (Å²) in [6, 6.07) is 0.671. The Morgan fingerprint density at radius 2 is 1.73 bits per heavy atom. The standard InChI is InChI=1S/C9H22N2/c1-6-7-11(5)9(2)8-10(3)4/h9H,6-8H2,1-5H3. The lowest BCUT2D eigenvalue weighted by Gasteiger charge is -2.26. The summed E-state index contributed by atoms with van der Waals surface area (Å²) in [5.74, 6) is 0. The van der Waals surface area contributed by atoms with Crippen molar-refractivity contribution in [2.75, 3.05) is 34.2 Å². The minimum atomic E-state index is 0.671. The summed E-state index contributed by atoms with van der Waals surface area (Å²) >= 11 is 0. The monoisotopic (exact) mass is 158 g/mol. The van der Waals surface area contributed by atoms with E-state index in [0.29, 0.717) is 6.04 Å². The van der Waals surface area contributed by atoms with E-state index in [1.165, 1.54) is 13.0 Å². The topological polar surface area (TPSA) is 6.48 Å². The van der Waals surface area contributed by atoms with Crippen molar-refractivity contribution in [3.63, 3.8) is 0 Å². The number of hydrogen-bond donors (Lipinski definition) is 0. The van der Waals surface area contributed by atoms with E-state index in [2.05, 4.69) is 44.8 Å². The summed E-state index contributed by atoms with van der Waals surface area (Å²) in [5.41, 5.74) is 0. The molecule has 0 N–H and O–H groups in total. The number of hydrogen-bond acceptors (Lipinski definition) is 2. The first kappa shape index (κ1) is 10.9. The van der Waals surface area contributed by atoms with E-state index in [-0.39, 0.29) is 0 Å². The molecule has 0 saturated carbocycles. The van der Waals surface area contributed by atoms with Gasteiger partial charge in [-0.1, -0.05) is 6.92 Å². The Balaban J connectivity index is 3.54. The molecule has 2 nitrogen and oxygen atoms in total. The van der Waals surface area contributed by atoms with Gasteiger partial charge >= 0.3 is 0 Å². The molecule has 0 fully saturated rings. The predicted molar refractivity (Wildman–Crippen MR) is 50.9 cm³/mol. The fourth-order valence-electron chi connectivity index (χ4n) is 1.24. The summed E-state index contributed by atoms with van der Waals surface area (Å²) in [4.78, 5) is 4.64. The van der Waals surface area contributed by atoms with Crippen LogP contribution in [0.4, 0.5) is 0 Å². The van der Waals surface area contributed by atoms with Crippen LogP contribution in [0.25, 0.3) is 0 Å². The zero-order valence-electron chi connectivity index (χ0n) is 8.59. The maximum Gasteiger partial charge on any atom is 0.0191 e. The lowest BCUT2D eigenvalue weighted by atomic mass is 10.2. The van der Waals surface area contributed by atoms with Crippen LogP contribution in [0.5, 0.6) is 0 Å². The van der Waals surface area contributed by atoms with Crippen LogP contribution in [-0.4, -0.2) is 50.1 Å². The van der Waals surface area contributed by atoms with E-state index >= 15 is 0 Å². The van der Waals surface area contributed by atoms with E-state index in [1.54, 1.807) is 0 Å². The van der Waals surface area contributed by atoms with E-state index in [0.717, 1.165) is 6.54 Å². The van der Waals surface area contributed by atoms with Crippen molar-refractivity contribution in [2.24, 2.45) is 0 Å². The molecule has 0 aliphatic heterocycles. The average Bonchev–Trinajstić information content (AvgIpc) is 1.86. The first-order valence-electron chi connectivity index (χ1n) is 4.43. The van der Waals surface area contributed by atoms with Crippen LogP contribution >= 0.6 is 0 Å². The maximum atomic E-state index is 2.40. The highest BCUT2D eigenvalue weighted by molar-refractivity contribution is 4.64. The van der Waals surface area contributed by atoms with Crippen molar-refractivity contribution in [3.05, 3.63) is 0 Å². The highest BCUT2D eigenvalue weighted by Gasteiger charge is 2.07. The van der Waals surface area contributed by atoms with Crippen LogP contribution in [0, 0.1) is 0 Å². The summed E-state index contributed by atoms with van der Waals surface area (Å²) < 4.78 is 0. The fourth-order valence-corrected chi connectivity index (χ4v) is 1.24. The molecule has 0 bridgehead atoms. The number of nitrogens with zero attached hydrogens (tertiary/aromatic N) is 2. The first-order valence-corrected chi connectivity index (χ1v) is 4.43. The maximum absolute atomic E-state index is 2.40.